The van der Waals surface area contributed by atoms with Gasteiger partial charge in [-0.25, -0.2) is 0 Å². The molecule has 0 spiro atoms. The first kappa shape index (κ1) is 16.9. The van der Waals surface area contributed by atoms with Crippen LogP contribution in [0.15, 0.2) is 4.47 Å². The summed E-state index contributed by atoms with van der Waals surface area (Å²) in [5.74, 6) is 0. The van der Waals surface area contributed by atoms with E-state index in [1.165, 1.54) is 0 Å². The lowest BCUT2D eigenvalue weighted by Crippen LogP contribution is -2.48. The summed E-state index contributed by atoms with van der Waals surface area (Å²) < 4.78 is 8.77. The fourth-order valence-corrected chi connectivity index (χ4v) is 3.52. The number of hydrogen-bond donors (Lipinski definition) is 1. The molecule has 120 valence electrons. The van der Waals surface area contributed by atoms with Crippen molar-refractivity contribution in [3.63, 3.8) is 0 Å². The first-order valence-electron chi connectivity index (χ1n) is 7.86. The molecule has 1 N–H and O–H groups in total. The number of halogens is 1. The van der Waals surface area contributed by atoms with Crippen LogP contribution in [0.25, 0.3) is 0 Å². The number of nitrogens with zero attached hydrogens (tertiary/aromatic N) is 3. The molecule has 5 nitrogen and oxygen atoms in total. The van der Waals surface area contributed by atoms with Gasteiger partial charge in [0.1, 0.15) is 0 Å². The molecule has 0 bridgehead atoms. The average Bonchev–Trinajstić information content (AvgIpc) is 2.83. The van der Waals surface area contributed by atoms with E-state index in [0.29, 0.717) is 13.0 Å². The summed E-state index contributed by atoms with van der Waals surface area (Å²) in [5.41, 5.74) is 2.12. The number of aliphatic hydroxyl groups is 1. The molecule has 0 amide bonds. The SMILES string of the molecule is CCc1nn(CC)c(CC(O)C2CN(CC)CCO2)c1Br. The van der Waals surface area contributed by atoms with Gasteiger partial charge in [0.25, 0.3) is 0 Å². The maximum Gasteiger partial charge on any atom is 0.0964 e. The van der Waals surface area contributed by atoms with E-state index in [1.54, 1.807) is 0 Å². The van der Waals surface area contributed by atoms with Gasteiger partial charge in [-0.1, -0.05) is 13.8 Å². The molecule has 1 fully saturated rings. The Morgan fingerprint density at radius 1 is 1.38 bits per heavy atom. The Morgan fingerprint density at radius 3 is 2.76 bits per heavy atom. The van der Waals surface area contributed by atoms with Crippen LogP contribution in [0.3, 0.4) is 0 Å². The zero-order valence-electron chi connectivity index (χ0n) is 13.2. The van der Waals surface area contributed by atoms with Crippen molar-refractivity contribution in [2.45, 2.75) is 52.4 Å². The van der Waals surface area contributed by atoms with Crippen LogP contribution in [0, 0.1) is 0 Å². The van der Waals surface area contributed by atoms with Crippen LogP contribution in [0.1, 0.15) is 32.2 Å². The highest BCUT2D eigenvalue weighted by Crippen LogP contribution is 2.25. The second-order valence-corrected chi connectivity index (χ2v) is 6.24. The van der Waals surface area contributed by atoms with Crippen LogP contribution in [0.2, 0.25) is 0 Å². The molecular formula is C15H26BrN3O2. The second-order valence-electron chi connectivity index (χ2n) is 5.45. The number of likely N-dealkylation sites (N-methyl/N-ethyl adjacent to an activating group) is 1. The summed E-state index contributed by atoms with van der Waals surface area (Å²) in [7, 11) is 0. The predicted octanol–water partition coefficient (Wildman–Crippen LogP) is 1.85. The maximum absolute atomic E-state index is 10.6. The topological polar surface area (TPSA) is 50.5 Å². The predicted molar refractivity (Wildman–Crippen MR) is 86.5 cm³/mol. The van der Waals surface area contributed by atoms with E-state index in [4.69, 9.17) is 4.74 Å². The molecule has 0 aliphatic carbocycles. The Labute approximate surface area is 135 Å². The molecule has 2 atom stereocenters. The van der Waals surface area contributed by atoms with Crippen LogP contribution in [-0.2, 0) is 24.1 Å². The van der Waals surface area contributed by atoms with E-state index >= 15 is 0 Å². The van der Waals surface area contributed by atoms with Gasteiger partial charge in [-0.3, -0.25) is 9.58 Å². The summed E-state index contributed by atoms with van der Waals surface area (Å²) in [6, 6.07) is 0. The summed E-state index contributed by atoms with van der Waals surface area (Å²) in [5, 5.41) is 15.1. The maximum atomic E-state index is 10.6. The second kappa shape index (κ2) is 7.72. The van der Waals surface area contributed by atoms with Gasteiger partial charge in [-0.2, -0.15) is 5.10 Å². The van der Waals surface area contributed by atoms with Gasteiger partial charge in [0, 0.05) is 26.1 Å². The number of aliphatic hydroxyl groups excluding tert-OH is 1. The Balaban J connectivity index is 2.08. The van der Waals surface area contributed by atoms with Crippen LogP contribution >= 0.6 is 15.9 Å². The highest BCUT2D eigenvalue weighted by molar-refractivity contribution is 9.10. The molecule has 0 radical (unpaired) electrons. The van der Waals surface area contributed by atoms with E-state index < -0.39 is 6.10 Å². The average molecular weight is 360 g/mol. The van der Waals surface area contributed by atoms with E-state index in [1.807, 2.05) is 4.68 Å². The molecule has 1 aliphatic heterocycles. The molecule has 0 aromatic carbocycles. The number of morpholine rings is 1. The fraction of sp³-hybridized carbons (Fsp3) is 0.800. The molecule has 0 saturated carbocycles. The Bertz CT molecular complexity index is 464. The van der Waals surface area contributed by atoms with Gasteiger partial charge in [-0.05, 0) is 35.8 Å². The molecule has 1 saturated heterocycles. The molecule has 6 heteroatoms. The number of ether oxygens (including phenoxy) is 1. The lowest BCUT2D eigenvalue weighted by atomic mass is 10.1. The van der Waals surface area contributed by atoms with Gasteiger partial charge in [0.05, 0.1) is 34.7 Å². The Kier molecular flexibility index (Phi) is 6.22. The first-order valence-corrected chi connectivity index (χ1v) is 8.65. The standard InChI is InChI=1S/C15H26BrN3O2/c1-4-11-15(16)12(19(6-3)17-11)9-13(20)14-10-18(5-2)7-8-21-14/h13-14,20H,4-10H2,1-3H3. The smallest absolute Gasteiger partial charge is 0.0964 e. The minimum absolute atomic E-state index is 0.115. The van der Waals surface area contributed by atoms with Gasteiger partial charge >= 0.3 is 0 Å². The minimum atomic E-state index is -0.498. The summed E-state index contributed by atoms with van der Waals surface area (Å²) in [4.78, 5) is 2.32. The van der Waals surface area contributed by atoms with Crippen molar-refractivity contribution in [3.8, 4) is 0 Å². The summed E-state index contributed by atoms with van der Waals surface area (Å²) in [6.45, 7) is 10.6. The fourth-order valence-electron chi connectivity index (χ4n) is 2.79. The minimum Gasteiger partial charge on any atom is -0.390 e. The lowest BCUT2D eigenvalue weighted by molar-refractivity contribution is -0.0872. The van der Waals surface area contributed by atoms with Crippen molar-refractivity contribution in [2.75, 3.05) is 26.2 Å². The van der Waals surface area contributed by atoms with Gasteiger partial charge in [-0.15, -0.1) is 0 Å². The Morgan fingerprint density at radius 2 is 2.14 bits per heavy atom. The van der Waals surface area contributed by atoms with Gasteiger partial charge in [0.2, 0.25) is 0 Å². The number of hydrogen-bond acceptors (Lipinski definition) is 4. The third-order valence-corrected chi connectivity index (χ3v) is 5.07. The van der Waals surface area contributed by atoms with Crippen LogP contribution < -0.4 is 0 Å². The monoisotopic (exact) mass is 359 g/mol. The third kappa shape index (κ3) is 3.86. The summed E-state index contributed by atoms with van der Waals surface area (Å²) >= 11 is 3.64. The molecular weight excluding hydrogens is 334 g/mol. The number of rotatable bonds is 6. The summed E-state index contributed by atoms with van der Waals surface area (Å²) in [6.07, 6.45) is 0.849. The van der Waals surface area contributed by atoms with E-state index in [-0.39, 0.29) is 6.10 Å². The number of aromatic nitrogens is 2. The highest BCUT2D eigenvalue weighted by atomic mass is 79.9. The number of aryl methyl sites for hydroxylation is 2. The molecule has 1 aliphatic rings. The van der Waals surface area contributed by atoms with Gasteiger partial charge in [0.15, 0.2) is 0 Å². The molecule has 1 aromatic heterocycles. The van der Waals surface area contributed by atoms with E-state index in [9.17, 15) is 5.11 Å². The molecule has 2 rings (SSSR count). The zero-order valence-corrected chi connectivity index (χ0v) is 14.8. The largest absolute Gasteiger partial charge is 0.390 e. The molecule has 1 aromatic rings. The molecule has 21 heavy (non-hydrogen) atoms. The van der Waals surface area contributed by atoms with E-state index in [2.05, 4.69) is 46.7 Å². The lowest BCUT2D eigenvalue weighted by Gasteiger charge is -2.34. The van der Waals surface area contributed by atoms with Crippen LogP contribution in [0.5, 0.6) is 0 Å². The quantitative estimate of drug-likeness (QED) is 0.841. The normalized spacial score (nSPS) is 21.7. The highest BCUT2D eigenvalue weighted by Gasteiger charge is 2.28. The van der Waals surface area contributed by atoms with Crippen molar-refractivity contribution in [2.24, 2.45) is 0 Å². The third-order valence-electron chi connectivity index (χ3n) is 4.15. The van der Waals surface area contributed by atoms with Crippen LogP contribution in [-0.4, -0.2) is 58.2 Å². The van der Waals surface area contributed by atoms with Crippen molar-refractivity contribution < 1.29 is 9.84 Å². The molecule has 2 heterocycles. The first-order chi connectivity index (χ1) is 10.1. The van der Waals surface area contributed by atoms with Crippen molar-refractivity contribution >= 4 is 15.9 Å². The van der Waals surface area contributed by atoms with E-state index in [0.717, 1.165) is 48.5 Å². The van der Waals surface area contributed by atoms with Crippen molar-refractivity contribution in [1.29, 1.82) is 0 Å². The van der Waals surface area contributed by atoms with Gasteiger partial charge < -0.3 is 9.84 Å². The molecule has 2 unspecified atom stereocenters. The van der Waals surface area contributed by atoms with Crippen LogP contribution in [0.4, 0.5) is 0 Å². The van der Waals surface area contributed by atoms with Crippen molar-refractivity contribution in [3.05, 3.63) is 15.9 Å². The van der Waals surface area contributed by atoms with Crippen molar-refractivity contribution in [1.82, 2.24) is 14.7 Å². The zero-order chi connectivity index (χ0) is 15.4. The Hall–Kier alpha value is -0.430.